The maximum absolute atomic E-state index is 12.5. The molecule has 0 N–H and O–H groups in total. The molecule has 6 heteroatoms. The Morgan fingerprint density at radius 2 is 2.12 bits per heavy atom. The van der Waals surface area contributed by atoms with Gasteiger partial charge in [-0.25, -0.2) is 4.98 Å². The topological polar surface area (TPSA) is 26.0 Å². The number of halogens is 3. The van der Waals surface area contributed by atoms with Crippen molar-refractivity contribution in [3.8, 4) is 0 Å². The van der Waals surface area contributed by atoms with Crippen molar-refractivity contribution in [1.29, 1.82) is 0 Å². The maximum atomic E-state index is 12.5. The summed E-state index contributed by atoms with van der Waals surface area (Å²) in [5.74, 6) is -1.19. The van der Waals surface area contributed by atoms with Crippen LogP contribution in [0.2, 0.25) is 0 Å². The number of nitrogens with zero attached hydrogens (tertiary/aromatic N) is 1. The lowest BCUT2D eigenvalue weighted by Crippen LogP contribution is -2.04. The fourth-order valence-electron chi connectivity index (χ4n) is 1.81. The molecule has 0 radical (unpaired) electrons. The van der Waals surface area contributed by atoms with Crippen molar-refractivity contribution < 1.29 is 17.6 Å². The molecule has 1 aromatic carbocycles. The molecule has 3 rings (SSSR count). The second-order valence-electron chi connectivity index (χ2n) is 3.72. The average Bonchev–Trinajstić information content (AvgIpc) is 2.78. The summed E-state index contributed by atoms with van der Waals surface area (Å²) in [6.45, 7) is 1.84. The van der Waals surface area contributed by atoms with Gasteiger partial charge in [0.05, 0.1) is 0 Å². The molecule has 88 valence electrons. The number of aromatic nitrogens is 1. The summed E-state index contributed by atoms with van der Waals surface area (Å²) in [6, 6.07) is 3.36. The summed E-state index contributed by atoms with van der Waals surface area (Å²) in [4.78, 5) is 3.54. The van der Waals surface area contributed by atoms with Crippen LogP contribution in [-0.4, -0.2) is 4.98 Å². The van der Waals surface area contributed by atoms with E-state index in [4.69, 9.17) is 4.42 Å². The van der Waals surface area contributed by atoms with Crippen LogP contribution in [0.3, 0.4) is 0 Å². The minimum Gasteiger partial charge on any atom is -0.433 e. The van der Waals surface area contributed by atoms with Crippen LogP contribution in [0.1, 0.15) is 11.5 Å². The summed E-state index contributed by atoms with van der Waals surface area (Å²) >= 11 is 1.48. The van der Waals surface area contributed by atoms with E-state index in [0.717, 1.165) is 10.3 Å². The molecule has 0 aliphatic heterocycles. The first-order valence-electron chi connectivity index (χ1n) is 4.81. The molecule has 0 aliphatic rings. The van der Waals surface area contributed by atoms with Gasteiger partial charge in [0.2, 0.25) is 0 Å². The second kappa shape index (κ2) is 3.22. The molecule has 0 saturated heterocycles. The van der Waals surface area contributed by atoms with Crippen LogP contribution in [0, 0.1) is 6.92 Å². The lowest BCUT2D eigenvalue weighted by Gasteiger charge is -1.97. The predicted octanol–water partition coefficient (Wildman–Crippen LogP) is 4.37. The molecule has 0 unspecified atom stereocenters. The smallest absolute Gasteiger partial charge is 0.433 e. The maximum Gasteiger partial charge on any atom is 0.468 e. The van der Waals surface area contributed by atoms with Gasteiger partial charge < -0.3 is 4.42 Å². The predicted molar refractivity (Wildman–Crippen MR) is 59.1 cm³/mol. The van der Waals surface area contributed by atoms with Crippen molar-refractivity contribution >= 4 is 32.5 Å². The summed E-state index contributed by atoms with van der Waals surface area (Å²) in [6.07, 6.45) is -4.55. The molecule has 0 aliphatic carbocycles. The van der Waals surface area contributed by atoms with E-state index in [2.05, 4.69) is 4.98 Å². The van der Waals surface area contributed by atoms with E-state index < -0.39 is 12.1 Å². The van der Waals surface area contributed by atoms with Gasteiger partial charge in [-0.3, -0.25) is 0 Å². The van der Waals surface area contributed by atoms with E-state index in [1.54, 1.807) is 12.1 Å². The molecule has 3 aromatic rings. The standard InChI is InChI=1S/C11H6F3NOS/c1-5-4-7-8(6-2-3-17-9(5)6)15-10(16-7)11(12,13)14/h2-4H,1H3. The lowest BCUT2D eigenvalue weighted by atomic mass is 10.1. The SMILES string of the molecule is Cc1cc2oc(C(F)(F)F)nc2c2ccsc12. The third-order valence-electron chi connectivity index (χ3n) is 2.52. The molecule has 2 heterocycles. The van der Waals surface area contributed by atoms with E-state index in [1.807, 2.05) is 12.3 Å². The Kier molecular flexibility index (Phi) is 2.01. The number of fused-ring (bicyclic) bond motifs is 3. The van der Waals surface area contributed by atoms with E-state index in [-0.39, 0.29) is 11.1 Å². The number of oxazole rings is 1. The Bertz CT molecular complexity index is 710. The van der Waals surface area contributed by atoms with Crippen LogP contribution < -0.4 is 0 Å². The van der Waals surface area contributed by atoms with Gasteiger partial charge in [-0.2, -0.15) is 13.2 Å². The van der Waals surface area contributed by atoms with E-state index in [1.165, 1.54) is 11.3 Å². The molecule has 0 amide bonds. The molecule has 0 spiro atoms. The Hall–Kier alpha value is -1.56. The number of hydrogen-bond acceptors (Lipinski definition) is 3. The van der Waals surface area contributed by atoms with Gasteiger partial charge in [-0.05, 0) is 30.0 Å². The molecule has 17 heavy (non-hydrogen) atoms. The number of thiophene rings is 1. The molecule has 0 bridgehead atoms. The minimum atomic E-state index is -4.55. The monoisotopic (exact) mass is 257 g/mol. The van der Waals surface area contributed by atoms with Gasteiger partial charge in [0.25, 0.3) is 0 Å². The van der Waals surface area contributed by atoms with Crippen LogP contribution in [0.25, 0.3) is 21.2 Å². The first-order chi connectivity index (χ1) is 7.97. The van der Waals surface area contributed by atoms with Gasteiger partial charge in [0.1, 0.15) is 5.52 Å². The van der Waals surface area contributed by atoms with Gasteiger partial charge in [0, 0.05) is 10.1 Å². The first kappa shape index (κ1) is 10.6. The third-order valence-corrected chi connectivity index (χ3v) is 3.57. The Morgan fingerprint density at radius 1 is 1.35 bits per heavy atom. The second-order valence-corrected chi connectivity index (χ2v) is 4.64. The van der Waals surface area contributed by atoms with Gasteiger partial charge in [0.15, 0.2) is 5.58 Å². The average molecular weight is 257 g/mol. The van der Waals surface area contributed by atoms with Crippen molar-refractivity contribution in [2.45, 2.75) is 13.1 Å². The number of benzene rings is 1. The highest BCUT2D eigenvalue weighted by Crippen LogP contribution is 2.36. The molecular weight excluding hydrogens is 251 g/mol. The van der Waals surface area contributed by atoms with Crippen molar-refractivity contribution in [2.24, 2.45) is 0 Å². The highest BCUT2D eigenvalue weighted by Gasteiger charge is 2.37. The van der Waals surface area contributed by atoms with Crippen molar-refractivity contribution in [3.05, 3.63) is 29.0 Å². The van der Waals surface area contributed by atoms with E-state index in [0.29, 0.717) is 5.39 Å². The number of rotatable bonds is 0. The van der Waals surface area contributed by atoms with Gasteiger partial charge in [-0.15, -0.1) is 11.3 Å². The summed E-state index contributed by atoms with van der Waals surface area (Å²) in [5.41, 5.74) is 1.35. The van der Waals surface area contributed by atoms with Crippen molar-refractivity contribution in [1.82, 2.24) is 4.98 Å². The summed E-state index contributed by atoms with van der Waals surface area (Å²) in [7, 11) is 0. The molecule has 0 saturated carbocycles. The van der Waals surface area contributed by atoms with Crippen LogP contribution in [0.15, 0.2) is 21.9 Å². The van der Waals surface area contributed by atoms with Crippen molar-refractivity contribution in [2.75, 3.05) is 0 Å². The molecule has 0 fully saturated rings. The van der Waals surface area contributed by atoms with Gasteiger partial charge in [-0.1, -0.05) is 0 Å². The molecule has 2 aromatic heterocycles. The minimum absolute atomic E-state index is 0.181. The highest BCUT2D eigenvalue weighted by molar-refractivity contribution is 7.17. The normalized spacial score (nSPS) is 12.7. The molecule has 2 nitrogen and oxygen atoms in total. The van der Waals surface area contributed by atoms with E-state index in [9.17, 15) is 13.2 Å². The van der Waals surface area contributed by atoms with Crippen LogP contribution >= 0.6 is 11.3 Å². The van der Waals surface area contributed by atoms with Crippen molar-refractivity contribution in [3.63, 3.8) is 0 Å². The number of aryl methyl sites for hydroxylation is 1. The Labute approximate surface area is 97.7 Å². The van der Waals surface area contributed by atoms with Gasteiger partial charge >= 0.3 is 12.1 Å². The van der Waals surface area contributed by atoms with E-state index >= 15 is 0 Å². The first-order valence-corrected chi connectivity index (χ1v) is 5.69. The fourth-order valence-corrected chi connectivity index (χ4v) is 2.68. The third kappa shape index (κ3) is 1.51. The zero-order valence-corrected chi connectivity index (χ0v) is 9.45. The largest absolute Gasteiger partial charge is 0.468 e. The zero-order chi connectivity index (χ0) is 12.2. The lowest BCUT2D eigenvalue weighted by molar-refractivity contribution is -0.156. The van der Waals surface area contributed by atoms with Crippen LogP contribution in [0.5, 0.6) is 0 Å². The molecular formula is C11H6F3NOS. The number of hydrogen-bond donors (Lipinski definition) is 0. The zero-order valence-electron chi connectivity index (χ0n) is 8.63. The molecule has 0 atom stereocenters. The van der Waals surface area contributed by atoms with Crippen LogP contribution in [-0.2, 0) is 6.18 Å². The summed E-state index contributed by atoms with van der Waals surface area (Å²) in [5, 5.41) is 2.54. The Morgan fingerprint density at radius 3 is 2.82 bits per heavy atom. The van der Waals surface area contributed by atoms with Crippen LogP contribution in [0.4, 0.5) is 13.2 Å². The Balaban J connectivity index is 2.43. The quantitative estimate of drug-likeness (QED) is 0.597. The number of alkyl halides is 3. The summed E-state index contributed by atoms with van der Waals surface area (Å²) < 4.78 is 43.2. The highest BCUT2D eigenvalue weighted by atomic mass is 32.1. The fraction of sp³-hybridized carbons (Fsp3) is 0.182.